The summed E-state index contributed by atoms with van der Waals surface area (Å²) < 4.78 is 5.60. The molecule has 0 radical (unpaired) electrons. The van der Waals surface area contributed by atoms with E-state index in [0.717, 1.165) is 24.3 Å². The van der Waals surface area contributed by atoms with Gasteiger partial charge in [0, 0.05) is 6.54 Å². The third-order valence-corrected chi connectivity index (χ3v) is 2.58. The van der Waals surface area contributed by atoms with Crippen LogP contribution in [0.2, 0.25) is 0 Å². The number of fused-ring (bicyclic) bond motifs is 1. The van der Waals surface area contributed by atoms with Crippen molar-refractivity contribution in [3.8, 4) is 5.75 Å². The highest BCUT2D eigenvalue weighted by atomic mass is 16.5. The summed E-state index contributed by atoms with van der Waals surface area (Å²) in [6.45, 7) is 3.46. The van der Waals surface area contributed by atoms with Crippen LogP contribution in [0.5, 0.6) is 5.75 Å². The maximum absolute atomic E-state index is 5.61. The molecule has 2 rings (SSSR count). The maximum atomic E-state index is 5.61. The van der Waals surface area contributed by atoms with E-state index in [2.05, 4.69) is 37.3 Å². The highest BCUT2D eigenvalue weighted by Gasteiger charge is 1.98. The molecule has 0 saturated carbocycles. The summed E-state index contributed by atoms with van der Waals surface area (Å²) in [5.74, 6) is 0.940. The molecule has 0 bridgehead atoms. The van der Waals surface area contributed by atoms with Gasteiger partial charge in [0.25, 0.3) is 0 Å². The molecule has 0 fully saturated rings. The van der Waals surface area contributed by atoms with Gasteiger partial charge < -0.3 is 10.5 Å². The Kier molecular flexibility index (Phi) is 3.42. The third-order valence-electron chi connectivity index (χ3n) is 2.58. The molecule has 0 aromatic heterocycles. The van der Waals surface area contributed by atoms with E-state index in [4.69, 9.17) is 10.5 Å². The van der Waals surface area contributed by atoms with Gasteiger partial charge >= 0.3 is 0 Å². The lowest BCUT2D eigenvalue weighted by Gasteiger charge is -2.06. The van der Waals surface area contributed by atoms with E-state index in [-0.39, 0.29) is 0 Å². The van der Waals surface area contributed by atoms with Gasteiger partial charge in [0.15, 0.2) is 0 Å². The molecule has 0 heterocycles. The van der Waals surface area contributed by atoms with Crippen molar-refractivity contribution in [3.63, 3.8) is 0 Å². The summed E-state index contributed by atoms with van der Waals surface area (Å²) >= 11 is 0. The lowest BCUT2D eigenvalue weighted by molar-refractivity contribution is 0.318. The summed E-state index contributed by atoms with van der Waals surface area (Å²) in [5.41, 5.74) is 6.77. The first-order valence-electron chi connectivity index (χ1n) is 5.69. The highest BCUT2D eigenvalue weighted by Crippen LogP contribution is 2.22. The molecule has 2 heteroatoms. The molecular weight excluding hydrogens is 198 g/mol. The average molecular weight is 215 g/mol. The van der Waals surface area contributed by atoms with Crippen LogP contribution < -0.4 is 10.5 Å². The summed E-state index contributed by atoms with van der Waals surface area (Å²) in [5, 5.41) is 2.41. The fraction of sp³-hybridized carbons (Fsp3) is 0.286. The lowest BCUT2D eigenvalue weighted by Crippen LogP contribution is -1.96. The van der Waals surface area contributed by atoms with E-state index in [9.17, 15) is 0 Å². The molecule has 0 unspecified atom stereocenters. The van der Waals surface area contributed by atoms with Crippen molar-refractivity contribution in [1.82, 2.24) is 0 Å². The number of nitrogens with two attached hydrogens (primary N) is 1. The summed E-state index contributed by atoms with van der Waals surface area (Å²) in [7, 11) is 0. The number of rotatable bonds is 4. The molecule has 16 heavy (non-hydrogen) atoms. The SMILES string of the molecule is CCCOc1ccc2cc(CN)ccc2c1. The zero-order chi connectivity index (χ0) is 11.4. The second-order valence-corrected chi connectivity index (χ2v) is 3.90. The standard InChI is InChI=1S/C14H17NO/c1-2-7-16-14-6-5-12-8-11(10-15)3-4-13(12)9-14/h3-6,8-9H,2,7,10,15H2,1H3. The van der Waals surface area contributed by atoms with Gasteiger partial charge in [-0.15, -0.1) is 0 Å². The van der Waals surface area contributed by atoms with Crippen molar-refractivity contribution in [2.45, 2.75) is 19.9 Å². The molecule has 0 amide bonds. The topological polar surface area (TPSA) is 35.2 Å². The van der Waals surface area contributed by atoms with Gasteiger partial charge in [0.05, 0.1) is 6.61 Å². The molecule has 2 nitrogen and oxygen atoms in total. The van der Waals surface area contributed by atoms with Crippen molar-refractivity contribution < 1.29 is 4.74 Å². The van der Waals surface area contributed by atoms with Crippen LogP contribution in [0.15, 0.2) is 36.4 Å². The Labute approximate surface area is 96.0 Å². The zero-order valence-corrected chi connectivity index (χ0v) is 9.57. The van der Waals surface area contributed by atoms with Gasteiger partial charge in [0.1, 0.15) is 5.75 Å². The molecule has 2 aromatic rings. The fourth-order valence-electron chi connectivity index (χ4n) is 1.71. The monoisotopic (exact) mass is 215 g/mol. The highest BCUT2D eigenvalue weighted by molar-refractivity contribution is 5.84. The molecule has 2 N–H and O–H groups in total. The van der Waals surface area contributed by atoms with Crippen molar-refractivity contribution >= 4 is 10.8 Å². The largest absolute Gasteiger partial charge is 0.494 e. The smallest absolute Gasteiger partial charge is 0.119 e. The van der Waals surface area contributed by atoms with Crippen LogP contribution in [0.4, 0.5) is 0 Å². The molecular formula is C14H17NO. The lowest BCUT2D eigenvalue weighted by atomic mass is 10.1. The van der Waals surface area contributed by atoms with Gasteiger partial charge in [0.2, 0.25) is 0 Å². The van der Waals surface area contributed by atoms with E-state index in [1.54, 1.807) is 0 Å². The van der Waals surface area contributed by atoms with Gasteiger partial charge in [-0.1, -0.05) is 25.1 Å². The first-order valence-corrected chi connectivity index (χ1v) is 5.69. The van der Waals surface area contributed by atoms with Crippen LogP contribution in [0.3, 0.4) is 0 Å². The van der Waals surface area contributed by atoms with Gasteiger partial charge in [-0.3, -0.25) is 0 Å². The van der Waals surface area contributed by atoms with E-state index < -0.39 is 0 Å². The third kappa shape index (κ3) is 2.34. The Hall–Kier alpha value is -1.54. The molecule has 84 valence electrons. The molecule has 0 aliphatic rings. The van der Waals surface area contributed by atoms with E-state index in [1.807, 2.05) is 6.07 Å². The Balaban J connectivity index is 2.32. The summed E-state index contributed by atoms with van der Waals surface area (Å²) in [6.07, 6.45) is 1.03. The Bertz CT molecular complexity index is 479. The van der Waals surface area contributed by atoms with Gasteiger partial charge in [-0.05, 0) is 41.0 Å². The van der Waals surface area contributed by atoms with Crippen molar-refractivity contribution in [3.05, 3.63) is 42.0 Å². The van der Waals surface area contributed by atoms with Gasteiger partial charge in [-0.25, -0.2) is 0 Å². The summed E-state index contributed by atoms with van der Waals surface area (Å²) in [4.78, 5) is 0. The Morgan fingerprint density at radius 2 is 1.81 bits per heavy atom. The Morgan fingerprint density at radius 1 is 1.06 bits per heavy atom. The Morgan fingerprint density at radius 3 is 2.56 bits per heavy atom. The van der Waals surface area contributed by atoms with E-state index in [0.29, 0.717) is 6.54 Å². The van der Waals surface area contributed by atoms with Crippen LogP contribution >= 0.6 is 0 Å². The minimum Gasteiger partial charge on any atom is -0.494 e. The predicted octanol–water partition coefficient (Wildman–Crippen LogP) is 3.09. The molecule has 0 aliphatic heterocycles. The van der Waals surface area contributed by atoms with Crippen LogP contribution in [0, 0.1) is 0 Å². The maximum Gasteiger partial charge on any atom is 0.119 e. The molecule has 0 aliphatic carbocycles. The number of hydrogen-bond donors (Lipinski definition) is 1. The molecule has 0 saturated heterocycles. The predicted molar refractivity (Wildman–Crippen MR) is 67.6 cm³/mol. The second kappa shape index (κ2) is 4.99. The van der Waals surface area contributed by atoms with Crippen molar-refractivity contribution in [2.24, 2.45) is 5.73 Å². The van der Waals surface area contributed by atoms with Gasteiger partial charge in [-0.2, -0.15) is 0 Å². The molecule has 2 aromatic carbocycles. The summed E-state index contributed by atoms with van der Waals surface area (Å²) in [6, 6.07) is 12.4. The molecule has 0 spiro atoms. The normalized spacial score (nSPS) is 10.6. The minimum absolute atomic E-state index is 0.587. The second-order valence-electron chi connectivity index (χ2n) is 3.90. The van der Waals surface area contributed by atoms with Crippen LogP contribution in [0.1, 0.15) is 18.9 Å². The number of hydrogen-bond acceptors (Lipinski definition) is 2. The first-order chi connectivity index (χ1) is 7.83. The van der Waals surface area contributed by atoms with Crippen molar-refractivity contribution in [1.29, 1.82) is 0 Å². The fourth-order valence-corrected chi connectivity index (χ4v) is 1.71. The zero-order valence-electron chi connectivity index (χ0n) is 9.57. The number of ether oxygens (including phenoxy) is 1. The average Bonchev–Trinajstić information content (AvgIpc) is 2.35. The molecule has 0 atom stereocenters. The minimum atomic E-state index is 0.587. The van der Waals surface area contributed by atoms with Crippen molar-refractivity contribution in [2.75, 3.05) is 6.61 Å². The van der Waals surface area contributed by atoms with Crippen LogP contribution in [-0.4, -0.2) is 6.61 Å². The van der Waals surface area contributed by atoms with E-state index >= 15 is 0 Å². The number of benzene rings is 2. The van der Waals surface area contributed by atoms with Crippen LogP contribution in [-0.2, 0) is 6.54 Å². The first kappa shape index (κ1) is 11.0. The van der Waals surface area contributed by atoms with Crippen LogP contribution in [0.25, 0.3) is 10.8 Å². The quantitative estimate of drug-likeness (QED) is 0.850. The van der Waals surface area contributed by atoms with E-state index in [1.165, 1.54) is 10.8 Å².